The van der Waals surface area contributed by atoms with Gasteiger partial charge in [0.25, 0.3) is 0 Å². The molecule has 11 rings (SSSR count). The molecule has 0 N–H and O–H groups in total. The fraction of sp³-hybridized carbons (Fsp3) is 0.0612. The molecule has 0 amide bonds. The molecule has 49 heavy (non-hydrogen) atoms. The van der Waals surface area contributed by atoms with E-state index >= 15 is 0 Å². The van der Waals surface area contributed by atoms with Crippen molar-refractivity contribution in [2.75, 3.05) is 0 Å². The first kappa shape index (κ1) is 27.0. The Bertz CT molecular complexity index is 3090. The van der Waals surface area contributed by atoms with Crippen LogP contribution in [0, 0.1) is 5.41 Å². The summed E-state index contributed by atoms with van der Waals surface area (Å²) in [5.74, 6) is 0. The summed E-state index contributed by atoms with van der Waals surface area (Å²) in [4.78, 5) is 0. The molecule has 0 heterocycles. The lowest BCUT2D eigenvalue weighted by molar-refractivity contribution is 0.645. The third-order valence-electron chi connectivity index (χ3n) is 11.4. The Morgan fingerprint density at radius 2 is 1.02 bits per heavy atom. The van der Waals surface area contributed by atoms with Crippen LogP contribution in [0.2, 0.25) is 0 Å². The summed E-state index contributed by atoms with van der Waals surface area (Å²) in [6.45, 7) is 4.73. The average molecular weight is 621 g/mol. The summed E-state index contributed by atoms with van der Waals surface area (Å²) in [5, 5.41) is 18.6. The number of rotatable bonds is 2. The van der Waals surface area contributed by atoms with Crippen molar-refractivity contribution in [2.45, 2.75) is 13.8 Å². The van der Waals surface area contributed by atoms with Gasteiger partial charge in [0, 0.05) is 5.41 Å². The number of hydrogen-bond donors (Lipinski definition) is 0. The summed E-state index contributed by atoms with van der Waals surface area (Å²) < 4.78 is 0. The second-order valence-electron chi connectivity index (χ2n) is 14.5. The highest BCUT2D eigenvalue weighted by Crippen LogP contribution is 2.46. The maximum atomic E-state index is 2.48. The van der Waals surface area contributed by atoms with E-state index in [1.165, 1.54) is 108 Å². The summed E-state index contributed by atoms with van der Waals surface area (Å²) in [6, 6.07) is 52.3. The largest absolute Gasteiger partial charge is 0.0738 e. The van der Waals surface area contributed by atoms with Crippen LogP contribution < -0.4 is 10.4 Å². The van der Waals surface area contributed by atoms with Gasteiger partial charge in [-0.05, 0) is 133 Å². The Labute approximate surface area is 284 Å². The van der Waals surface area contributed by atoms with Crippen LogP contribution in [-0.4, -0.2) is 0 Å². The van der Waals surface area contributed by atoms with Crippen LogP contribution in [0.3, 0.4) is 0 Å². The van der Waals surface area contributed by atoms with E-state index in [1.807, 2.05) is 0 Å². The smallest absolute Gasteiger partial charge is 0.00909 e. The van der Waals surface area contributed by atoms with Crippen LogP contribution in [0.25, 0.3) is 93.0 Å². The summed E-state index contributed by atoms with van der Waals surface area (Å²) >= 11 is 0. The third-order valence-corrected chi connectivity index (χ3v) is 11.4. The lowest BCUT2D eigenvalue weighted by Gasteiger charge is -2.30. The van der Waals surface area contributed by atoms with Gasteiger partial charge in [0.15, 0.2) is 0 Å². The maximum Gasteiger partial charge on any atom is 0.00909 e. The van der Waals surface area contributed by atoms with Gasteiger partial charge in [-0.3, -0.25) is 0 Å². The van der Waals surface area contributed by atoms with E-state index in [0.29, 0.717) is 0 Å². The molecule has 0 radical (unpaired) electrons. The van der Waals surface area contributed by atoms with Gasteiger partial charge in [-0.1, -0.05) is 147 Å². The summed E-state index contributed by atoms with van der Waals surface area (Å²) in [7, 11) is 0. The molecule has 0 spiro atoms. The molecule has 0 saturated carbocycles. The van der Waals surface area contributed by atoms with Crippen LogP contribution in [-0.2, 0) is 0 Å². The lowest BCUT2D eigenvalue weighted by atomic mass is 9.74. The highest BCUT2D eigenvalue weighted by Gasteiger charge is 2.31. The van der Waals surface area contributed by atoms with Gasteiger partial charge in [0.1, 0.15) is 0 Å². The maximum absolute atomic E-state index is 2.48. The highest BCUT2D eigenvalue weighted by atomic mass is 14.3. The van der Waals surface area contributed by atoms with Crippen LogP contribution in [0.1, 0.15) is 19.4 Å². The van der Waals surface area contributed by atoms with Crippen molar-refractivity contribution < 1.29 is 0 Å². The van der Waals surface area contributed by atoms with E-state index in [4.69, 9.17) is 0 Å². The first-order valence-electron chi connectivity index (χ1n) is 17.3. The van der Waals surface area contributed by atoms with Crippen molar-refractivity contribution in [1.29, 1.82) is 0 Å². The van der Waals surface area contributed by atoms with E-state index in [9.17, 15) is 0 Å². The van der Waals surface area contributed by atoms with E-state index in [1.54, 1.807) is 0 Å². The fourth-order valence-electron chi connectivity index (χ4n) is 9.14. The van der Waals surface area contributed by atoms with Crippen molar-refractivity contribution >= 4 is 81.9 Å². The van der Waals surface area contributed by atoms with E-state index in [2.05, 4.69) is 172 Å². The molecule has 0 unspecified atom stereocenters. The van der Waals surface area contributed by atoms with E-state index < -0.39 is 0 Å². The van der Waals surface area contributed by atoms with E-state index in [0.717, 1.165) is 0 Å². The van der Waals surface area contributed by atoms with Crippen LogP contribution >= 0.6 is 0 Å². The number of benzene rings is 9. The van der Waals surface area contributed by atoms with Crippen molar-refractivity contribution in [3.8, 4) is 11.1 Å². The van der Waals surface area contributed by atoms with Gasteiger partial charge in [0.2, 0.25) is 0 Å². The molecule has 2 aliphatic carbocycles. The molecule has 0 heteroatoms. The predicted octanol–water partition coefficient (Wildman–Crippen LogP) is 11.7. The Morgan fingerprint density at radius 3 is 1.76 bits per heavy atom. The molecule has 9 aromatic carbocycles. The van der Waals surface area contributed by atoms with Gasteiger partial charge >= 0.3 is 0 Å². The zero-order chi connectivity index (χ0) is 32.4. The number of fused-ring (bicyclic) bond motifs is 8. The molecule has 2 aliphatic rings. The molecule has 0 atom stereocenters. The number of hydrogen-bond acceptors (Lipinski definition) is 0. The topological polar surface area (TPSA) is 0 Å². The van der Waals surface area contributed by atoms with Gasteiger partial charge < -0.3 is 0 Å². The van der Waals surface area contributed by atoms with Crippen molar-refractivity contribution in [3.05, 3.63) is 173 Å². The van der Waals surface area contributed by atoms with Crippen molar-refractivity contribution in [2.24, 2.45) is 5.41 Å². The summed E-state index contributed by atoms with van der Waals surface area (Å²) in [6.07, 6.45) is 7.24. The van der Waals surface area contributed by atoms with Gasteiger partial charge in [-0.2, -0.15) is 0 Å². The Kier molecular flexibility index (Phi) is 5.27. The quantitative estimate of drug-likeness (QED) is 0.169. The minimum Gasteiger partial charge on any atom is -0.0738 e. The van der Waals surface area contributed by atoms with Gasteiger partial charge in [-0.25, -0.2) is 0 Å². The Balaban J connectivity index is 1.16. The number of allylic oxidation sites excluding steroid dienone is 4. The standard InChI is InChI=1S/C49H32/c1-49(2)24-23-36(33-12-8-11-32(25-33)35-21-19-31-18-17-29-9-7-10-30-20-22-41(35)47(31)46(29)30)45-27-34-26-43-39-15-5-3-13-37(39)38-14-4-6-16-40(38)44(43)28-42(34)48(45)49/h3-28H,1-2H3. The van der Waals surface area contributed by atoms with Crippen molar-refractivity contribution in [1.82, 2.24) is 0 Å². The fourth-order valence-corrected chi connectivity index (χ4v) is 9.14. The second-order valence-corrected chi connectivity index (χ2v) is 14.5. The van der Waals surface area contributed by atoms with Gasteiger partial charge in [0.05, 0.1) is 0 Å². The molecule has 0 aliphatic heterocycles. The normalized spacial score (nSPS) is 15.3. The molecule has 228 valence electrons. The van der Waals surface area contributed by atoms with Gasteiger partial charge in [-0.15, -0.1) is 0 Å². The minimum absolute atomic E-state index is 0.0927. The SMILES string of the molecule is CC1(C)C=CC(c2cccc(-c3ccc4ccc5cccc6ccc3c4c56)c2)=C2C=c3cc4c5ccccc5c5ccccc5c4cc3=C21. The van der Waals surface area contributed by atoms with E-state index in [-0.39, 0.29) is 5.41 Å². The zero-order valence-corrected chi connectivity index (χ0v) is 27.5. The molecule has 0 nitrogen and oxygen atoms in total. The monoisotopic (exact) mass is 620 g/mol. The predicted molar refractivity (Wildman–Crippen MR) is 212 cm³/mol. The third kappa shape index (κ3) is 3.69. The van der Waals surface area contributed by atoms with Crippen LogP contribution in [0.15, 0.2) is 157 Å². The molecule has 0 aromatic heterocycles. The second kappa shape index (κ2) is 9.56. The highest BCUT2D eigenvalue weighted by molar-refractivity contribution is 6.26. The van der Waals surface area contributed by atoms with Crippen LogP contribution in [0.5, 0.6) is 0 Å². The average Bonchev–Trinajstić information content (AvgIpc) is 3.53. The molecule has 0 bridgehead atoms. The molecule has 0 saturated heterocycles. The Hall–Kier alpha value is -5.98. The first-order chi connectivity index (χ1) is 24.0. The molecule has 9 aromatic rings. The summed E-state index contributed by atoms with van der Waals surface area (Å²) in [5.41, 5.74) is 7.76. The first-order valence-corrected chi connectivity index (χ1v) is 17.3. The molecular weight excluding hydrogens is 589 g/mol. The minimum atomic E-state index is -0.0927. The Morgan fingerprint density at radius 1 is 0.429 bits per heavy atom. The van der Waals surface area contributed by atoms with Crippen molar-refractivity contribution in [3.63, 3.8) is 0 Å². The molecular formula is C49H32. The molecule has 0 fully saturated rings. The van der Waals surface area contributed by atoms with Crippen LogP contribution in [0.4, 0.5) is 0 Å². The zero-order valence-electron chi connectivity index (χ0n) is 27.5. The lowest BCUT2D eigenvalue weighted by Crippen LogP contribution is -2.28.